The first-order valence-corrected chi connectivity index (χ1v) is 9.74. The van der Waals surface area contributed by atoms with Gasteiger partial charge in [-0.3, -0.25) is 4.79 Å². The van der Waals surface area contributed by atoms with Crippen molar-refractivity contribution in [3.8, 4) is 17.1 Å². The fourth-order valence-corrected chi connectivity index (χ4v) is 3.15. The molecular formula is C21H23N5O3. The highest BCUT2D eigenvalue weighted by Crippen LogP contribution is 2.25. The van der Waals surface area contributed by atoms with Gasteiger partial charge in [0.2, 0.25) is 11.7 Å². The molecule has 1 aromatic heterocycles. The summed E-state index contributed by atoms with van der Waals surface area (Å²) in [5.74, 6) is 0.841. The minimum absolute atomic E-state index is 0.0418. The van der Waals surface area contributed by atoms with Crippen molar-refractivity contribution in [3.05, 3.63) is 54.6 Å². The molecule has 0 radical (unpaired) electrons. The second-order valence-electron chi connectivity index (χ2n) is 6.85. The smallest absolute Gasteiger partial charge is 0.248 e. The Labute approximate surface area is 168 Å². The predicted molar refractivity (Wildman–Crippen MR) is 107 cm³/mol. The second kappa shape index (κ2) is 9.29. The van der Waals surface area contributed by atoms with Crippen LogP contribution in [0.25, 0.3) is 11.4 Å². The molecule has 0 aliphatic carbocycles. The molecule has 0 saturated carbocycles. The van der Waals surface area contributed by atoms with Crippen molar-refractivity contribution in [1.29, 1.82) is 0 Å². The number of hydrogen-bond donors (Lipinski definition) is 1. The van der Waals surface area contributed by atoms with Gasteiger partial charge in [-0.25, -0.2) is 0 Å². The summed E-state index contributed by atoms with van der Waals surface area (Å²) in [6, 6.07) is 16.9. The van der Waals surface area contributed by atoms with Crippen molar-refractivity contribution < 1.29 is 14.3 Å². The molecule has 0 spiro atoms. The zero-order valence-electron chi connectivity index (χ0n) is 16.0. The van der Waals surface area contributed by atoms with E-state index in [-0.39, 0.29) is 18.6 Å². The van der Waals surface area contributed by atoms with Gasteiger partial charge in [-0.15, -0.1) is 10.2 Å². The fraction of sp³-hybridized carbons (Fsp3) is 0.333. The van der Waals surface area contributed by atoms with Crippen LogP contribution in [0.15, 0.2) is 54.6 Å². The topological polar surface area (TPSA) is 91.2 Å². The normalized spacial score (nSPS) is 16.3. The summed E-state index contributed by atoms with van der Waals surface area (Å²) < 4.78 is 11.6. The van der Waals surface area contributed by atoms with E-state index in [1.54, 1.807) is 6.07 Å². The maximum Gasteiger partial charge on any atom is 0.248 e. The summed E-state index contributed by atoms with van der Waals surface area (Å²) in [5, 5.41) is 15.1. The van der Waals surface area contributed by atoms with E-state index in [1.807, 2.05) is 48.5 Å². The van der Waals surface area contributed by atoms with Gasteiger partial charge >= 0.3 is 0 Å². The molecule has 150 valence electrons. The number of carbonyl (C=O) groups excluding carboxylic acids is 1. The molecule has 0 bridgehead atoms. The lowest BCUT2D eigenvalue weighted by Crippen LogP contribution is -2.26. The van der Waals surface area contributed by atoms with Crippen LogP contribution >= 0.6 is 0 Å². The Morgan fingerprint density at radius 2 is 1.97 bits per heavy atom. The number of rotatable bonds is 7. The number of hydrogen-bond acceptors (Lipinski definition) is 6. The van der Waals surface area contributed by atoms with Crippen LogP contribution in [0, 0.1) is 0 Å². The number of tetrazole rings is 1. The monoisotopic (exact) mass is 393 g/mol. The predicted octanol–water partition coefficient (Wildman–Crippen LogP) is 2.93. The molecule has 2 aromatic carbocycles. The van der Waals surface area contributed by atoms with Gasteiger partial charge in [0.25, 0.3) is 0 Å². The van der Waals surface area contributed by atoms with Crippen LogP contribution in [0.2, 0.25) is 0 Å². The van der Waals surface area contributed by atoms with Crippen LogP contribution in [-0.2, 0) is 16.1 Å². The summed E-state index contributed by atoms with van der Waals surface area (Å²) in [4.78, 5) is 13.7. The number of aromatic nitrogens is 4. The Kier molecular flexibility index (Phi) is 6.11. The number of para-hydroxylation sites is 2. The number of ether oxygens (including phenoxy) is 2. The van der Waals surface area contributed by atoms with E-state index in [2.05, 4.69) is 20.7 Å². The first-order valence-electron chi connectivity index (χ1n) is 9.74. The molecule has 1 amide bonds. The van der Waals surface area contributed by atoms with Crippen molar-refractivity contribution >= 4 is 11.6 Å². The maximum absolute atomic E-state index is 12.5. The summed E-state index contributed by atoms with van der Waals surface area (Å²) in [6.45, 7) is 1.21. The zero-order chi connectivity index (χ0) is 19.9. The Hall–Kier alpha value is -3.26. The standard InChI is InChI=1S/C21H23N5O3/c27-20(14-26-24-21(23-25-26)16-8-2-1-3-9-16)22-18-11-4-5-12-19(18)29-15-17-10-6-7-13-28-17/h1-5,8-9,11-12,17H,6-7,10,13-15H2,(H,22,27). The Morgan fingerprint density at radius 1 is 1.14 bits per heavy atom. The minimum Gasteiger partial charge on any atom is -0.489 e. The van der Waals surface area contributed by atoms with E-state index < -0.39 is 0 Å². The zero-order valence-corrected chi connectivity index (χ0v) is 16.0. The molecule has 3 aromatic rings. The van der Waals surface area contributed by atoms with Gasteiger partial charge < -0.3 is 14.8 Å². The van der Waals surface area contributed by atoms with Gasteiger partial charge in [-0.1, -0.05) is 42.5 Å². The lowest BCUT2D eigenvalue weighted by Gasteiger charge is -2.23. The molecule has 4 rings (SSSR count). The van der Waals surface area contributed by atoms with Crippen LogP contribution in [0.5, 0.6) is 5.75 Å². The van der Waals surface area contributed by atoms with E-state index in [1.165, 1.54) is 4.80 Å². The molecule has 2 heterocycles. The first kappa shape index (κ1) is 19.1. The quantitative estimate of drug-likeness (QED) is 0.664. The van der Waals surface area contributed by atoms with Crippen molar-refractivity contribution in [1.82, 2.24) is 20.2 Å². The molecule has 1 atom stereocenters. The second-order valence-corrected chi connectivity index (χ2v) is 6.85. The molecule has 1 aliphatic heterocycles. The number of amides is 1. The van der Waals surface area contributed by atoms with Crippen molar-refractivity contribution in [2.24, 2.45) is 0 Å². The van der Waals surface area contributed by atoms with E-state index in [0.717, 1.165) is 31.4 Å². The Bertz CT molecular complexity index is 938. The van der Waals surface area contributed by atoms with Crippen molar-refractivity contribution in [2.75, 3.05) is 18.5 Å². The number of nitrogens with one attached hydrogen (secondary N) is 1. The molecule has 1 saturated heterocycles. The summed E-state index contributed by atoms with van der Waals surface area (Å²) >= 11 is 0. The SMILES string of the molecule is O=C(Cn1nnc(-c2ccccc2)n1)Nc1ccccc1OCC1CCCCO1. The van der Waals surface area contributed by atoms with Crippen LogP contribution in [0.3, 0.4) is 0 Å². The number of nitrogens with zero attached hydrogens (tertiary/aromatic N) is 4. The highest BCUT2D eigenvalue weighted by Gasteiger charge is 2.16. The van der Waals surface area contributed by atoms with Gasteiger partial charge in [0.05, 0.1) is 11.8 Å². The summed E-state index contributed by atoms with van der Waals surface area (Å²) in [7, 11) is 0. The molecule has 8 nitrogen and oxygen atoms in total. The van der Waals surface area contributed by atoms with E-state index >= 15 is 0 Å². The van der Waals surface area contributed by atoms with Gasteiger partial charge in [0, 0.05) is 12.2 Å². The number of benzene rings is 2. The molecule has 1 unspecified atom stereocenters. The van der Waals surface area contributed by atoms with Gasteiger partial charge in [-0.05, 0) is 36.6 Å². The van der Waals surface area contributed by atoms with Gasteiger partial charge in [0.1, 0.15) is 18.9 Å². The Balaban J connectivity index is 1.35. The van der Waals surface area contributed by atoms with Crippen LogP contribution < -0.4 is 10.1 Å². The van der Waals surface area contributed by atoms with E-state index in [0.29, 0.717) is 23.9 Å². The summed E-state index contributed by atoms with van der Waals surface area (Å²) in [6.07, 6.45) is 3.35. The third kappa shape index (κ3) is 5.17. The van der Waals surface area contributed by atoms with Crippen molar-refractivity contribution in [3.63, 3.8) is 0 Å². The highest BCUT2D eigenvalue weighted by molar-refractivity contribution is 5.92. The lowest BCUT2D eigenvalue weighted by atomic mass is 10.1. The summed E-state index contributed by atoms with van der Waals surface area (Å²) in [5.41, 5.74) is 1.46. The van der Waals surface area contributed by atoms with Crippen molar-refractivity contribution in [2.45, 2.75) is 31.9 Å². The molecule has 1 aliphatic rings. The molecule has 8 heteroatoms. The Morgan fingerprint density at radius 3 is 2.79 bits per heavy atom. The fourth-order valence-electron chi connectivity index (χ4n) is 3.15. The minimum atomic E-state index is -0.257. The average molecular weight is 393 g/mol. The molecule has 1 fully saturated rings. The first-order chi connectivity index (χ1) is 14.3. The van der Waals surface area contributed by atoms with Crippen LogP contribution in [-0.4, -0.2) is 45.4 Å². The third-order valence-corrected chi connectivity index (χ3v) is 4.63. The number of anilines is 1. The van der Waals surface area contributed by atoms with Crippen LogP contribution in [0.1, 0.15) is 19.3 Å². The van der Waals surface area contributed by atoms with E-state index in [4.69, 9.17) is 9.47 Å². The molecule has 29 heavy (non-hydrogen) atoms. The van der Waals surface area contributed by atoms with E-state index in [9.17, 15) is 4.79 Å². The number of carbonyl (C=O) groups is 1. The maximum atomic E-state index is 12.5. The average Bonchev–Trinajstić information content (AvgIpc) is 3.23. The van der Waals surface area contributed by atoms with Gasteiger partial charge in [0.15, 0.2) is 0 Å². The molecule has 1 N–H and O–H groups in total. The van der Waals surface area contributed by atoms with Gasteiger partial charge in [-0.2, -0.15) is 4.80 Å². The molecular weight excluding hydrogens is 370 g/mol. The third-order valence-electron chi connectivity index (χ3n) is 4.63. The lowest BCUT2D eigenvalue weighted by molar-refractivity contribution is -0.117. The highest BCUT2D eigenvalue weighted by atomic mass is 16.5. The van der Waals surface area contributed by atoms with Crippen LogP contribution in [0.4, 0.5) is 5.69 Å². The largest absolute Gasteiger partial charge is 0.489 e.